The van der Waals surface area contributed by atoms with Gasteiger partial charge in [0.15, 0.2) is 0 Å². The second kappa shape index (κ2) is 8.90. The number of benzene rings is 2. The molecule has 3 nitrogen and oxygen atoms in total. The molecule has 2 aromatic rings. The Labute approximate surface area is 152 Å². The van der Waals surface area contributed by atoms with Crippen LogP contribution in [0.15, 0.2) is 53.4 Å². The van der Waals surface area contributed by atoms with Gasteiger partial charge >= 0.3 is 0 Å². The Bertz CT molecular complexity index is 702. The van der Waals surface area contributed by atoms with Crippen molar-refractivity contribution in [1.82, 2.24) is 0 Å². The highest BCUT2D eigenvalue weighted by Gasteiger charge is 2.16. The molecule has 132 valence electrons. The molecule has 1 heterocycles. The van der Waals surface area contributed by atoms with Gasteiger partial charge in [-0.15, -0.1) is 11.8 Å². The molecule has 0 spiro atoms. The first-order valence-corrected chi connectivity index (χ1v) is 9.73. The topological polar surface area (TPSA) is 32.3 Å². The second-order valence-electron chi connectivity index (χ2n) is 6.17. The third-order valence-electron chi connectivity index (χ3n) is 4.27. The smallest absolute Gasteiger partial charge is 0.225 e. The minimum atomic E-state index is -0.324. The number of piperidine rings is 1. The zero-order valence-electron chi connectivity index (χ0n) is 14.2. The van der Waals surface area contributed by atoms with Gasteiger partial charge in [-0.1, -0.05) is 18.2 Å². The van der Waals surface area contributed by atoms with Gasteiger partial charge in [-0.05, 0) is 49.6 Å². The molecule has 1 N–H and O–H groups in total. The van der Waals surface area contributed by atoms with E-state index in [1.165, 1.54) is 18.6 Å². The maximum absolute atomic E-state index is 13.7. The summed E-state index contributed by atoms with van der Waals surface area (Å²) in [6.45, 7) is 1.91. The molecule has 1 aliphatic heterocycles. The molecule has 0 bridgehead atoms. The second-order valence-corrected chi connectivity index (χ2v) is 7.34. The van der Waals surface area contributed by atoms with Crippen molar-refractivity contribution in [3.8, 4) is 0 Å². The predicted octanol–water partition coefficient (Wildman–Crippen LogP) is 4.94. The largest absolute Gasteiger partial charge is 0.370 e. The molecule has 1 saturated heterocycles. The van der Waals surface area contributed by atoms with Crippen molar-refractivity contribution in [1.29, 1.82) is 0 Å². The lowest BCUT2D eigenvalue weighted by molar-refractivity contribution is -0.115. The maximum atomic E-state index is 13.7. The molecular weight excluding hydrogens is 335 g/mol. The van der Waals surface area contributed by atoms with E-state index < -0.39 is 0 Å². The van der Waals surface area contributed by atoms with Crippen LogP contribution in [0.1, 0.15) is 25.7 Å². The van der Waals surface area contributed by atoms with Crippen LogP contribution >= 0.6 is 11.8 Å². The Hall–Kier alpha value is -2.01. The van der Waals surface area contributed by atoms with Gasteiger partial charge in [-0.25, -0.2) is 4.39 Å². The highest BCUT2D eigenvalue weighted by molar-refractivity contribution is 7.99. The van der Waals surface area contributed by atoms with Gasteiger partial charge in [-0.2, -0.15) is 0 Å². The third kappa shape index (κ3) is 5.23. The molecule has 0 saturated carbocycles. The molecule has 0 atom stereocenters. The van der Waals surface area contributed by atoms with Crippen LogP contribution < -0.4 is 10.2 Å². The molecule has 0 unspecified atom stereocenters. The van der Waals surface area contributed by atoms with E-state index in [1.54, 1.807) is 17.8 Å². The van der Waals surface area contributed by atoms with E-state index in [4.69, 9.17) is 0 Å². The average molecular weight is 358 g/mol. The van der Waals surface area contributed by atoms with Crippen LogP contribution in [-0.2, 0) is 4.79 Å². The fourth-order valence-corrected chi connectivity index (χ4v) is 3.88. The van der Waals surface area contributed by atoms with Crippen molar-refractivity contribution in [3.63, 3.8) is 0 Å². The summed E-state index contributed by atoms with van der Waals surface area (Å²) in [5.41, 5.74) is 1.50. The summed E-state index contributed by atoms with van der Waals surface area (Å²) in [6.07, 6.45) is 3.91. The average Bonchev–Trinajstić information content (AvgIpc) is 2.63. The lowest BCUT2D eigenvalue weighted by atomic mass is 10.1. The number of carbonyl (C=O) groups excluding carboxylic acids is 1. The molecule has 25 heavy (non-hydrogen) atoms. The molecule has 2 aromatic carbocycles. The van der Waals surface area contributed by atoms with Gasteiger partial charge in [0.25, 0.3) is 0 Å². The summed E-state index contributed by atoms with van der Waals surface area (Å²) < 4.78 is 13.7. The molecule has 5 heteroatoms. The molecule has 3 rings (SSSR count). The van der Waals surface area contributed by atoms with Gasteiger partial charge in [0.05, 0.1) is 11.4 Å². The van der Waals surface area contributed by atoms with Crippen molar-refractivity contribution in [2.24, 2.45) is 0 Å². The number of anilines is 2. The first kappa shape index (κ1) is 17.8. The highest BCUT2D eigenvalue weighted by atomic mass is 32.2. The summed E-state index contributed by atoms with van der Waals surface area (Å²) >= 11 is 1.65. The van der Waals surface area contributed by atoms with E-state index in [0.29, 0.717) is 17.9 Å². The molecule has 1 fully saturated rings. The highest BCUT2D eigenvalue weighted by Crippen LogP contribution is 2.29. The van der Waals surface area contributed by atoms with Crippen LogP contribution in [0.5, 0.6) is 0 Å². The van der Waals surface area contributed by atoms with Crippen LogP contribution in [0, 0.1) is 5.82 Å². The number of thioether (sulfide) groups is 1. The van der Waals surface area contributed by atoms with Crippen molar-refractivity contribution in [2.75, 3.05) is 29.1 Å². The lowest BCUT2D eigenvalue weighted by Gasteiger charge is -2.30. The summed E-state index contributed by atoms with van der Waals surface area (Å²) in [4.78, 5) is 15.7. The van der Waals surface area contributed by atoms with Gasteiger partial charge in [0, 0.05) is 30.2 Å². The van der Waals surface area contributed by atoms with Crippen LogP contribution in [0.4, 0.5) is 15.8 Å². The quantitative estimate of drug-likeness (QED) is 0.743. The monoisotopic (exact) mass is 358 g/mol. The minimum Gasteiger partial charge on any atom is -0.370 e. The van der Waals surface area contributed by atoms with Crippen molar-refractivity contribution < 1.29 is 9.18 Å². The van der Waals surface area contributed by atoms with Crippen molar-refractivity contribution in [2.45, 2.75) is 30.6 Å². The summed E-state index contributed by atoms with van der Waals surface area (Å²) in [5, 5.41) is 2.90. The summed E-state index contributed by atoms with van der Waals surface area (Å²) in [7, 11) is 0. The first-order valence-electron chi connectivity index (χ1n) is 8.74. The van der Waals surface area contributed by atoms with Crippen molar-refractivity contribution in [3.05, 3.63) is 54.3 Å². The minimum absolute atomic E-state index is 0.0766. The fraction of sp³-hybridized carbons (Fsp3) is 0.350. The van der Waals surface area contributed by atoms with E-state index in [0.717, 1.165) is 36.5 Å². The van der Waals surface area contributed by atoms with Crippen LogP contribution in [-0.4, -0.2) is 24.7 Å². The number of halogens is 1. The molecule has 0 aliphatic carbocycles. The first-order chi connectivity index (χ1) is 12.2. The summed E-state index contributed by atoms with van der Waals surface area (Å²) in [5.74, 6) is 0.298. The lowest BCUT2D eigenvalue weighted by Crippen LogP contribution is -2.30. The number of amides is 1. The number of hydrogen-bond donors (Lipinski definition) is 1. The zero-order valence-corrected chi connectivity index (χ0v) is 15.0. The Balaban J connectivity index is 1.59. The van der Waals surface area contributed by atoms with Gasteiger partial charge < -0.3 is 10.2 Å². The molecule has 0 aromatic heterocycles. The third-order valence-corrected chi connectivity index (χ3v) is 5.28. The Morgan fingerprint density at radius 2 is 1.84 bits per heavy atom. The molecule has 1 aliphatic rings. The predicted molar refractivity (Wildman–Crippen MR) is 103 cm³/mol. The SMILES string of the molecule is O=C(CCSc1ccccc1)Nc1cc(F)ccc1N1CCCCC1. The van der Waals surface area contributed by atoms with Crippen LogP contribution in [0.2, 0.25) is 0 Å². The Kier molecular flexibility index (Phi) is 6.34. The normalized spacial score (nSPS) is 14.4. The number of hydrogen-bond acceptors (Lipinski definition) is 3. The van der Waals surface area contributed by atoms with E-state index in [9.17, 15) is 9.18 Å². The fourth-order valence-electron chi connectivity index (χ4n) is 3.01. The van der Waals surface area contributed by atoms with E-state index in [2.05, 4.69) is 10.2 Å². The van der Waals surface area contributed by atoms with Gasteiger partial charge in [-0.3, -0.25) is 4.79 Å². The zero-order chi connectivity index (χ0) is 17.5. The van der Waals surface area contributed by atoms with Crippen LogP contribution in [0.3, 0.4) is 0 Å². The number of rotatable bonds is 6. The van der Waals surface area contributed by atoms with Crippen LogP contribution in [0.25, 0.3) is 0 Å². The summed E-state index contributed by atoms with van der Waals surface area (Å²) in [6, 6.07) is 14.7. The van der Waals surface area contributed by atoms with E-state index in [-0.39, 0.29) is 11.7 Å². The molecule has 1 amide bonds. The Morgan fingerprint density at radius 3 is 2.60 bits per heavy atom. The van der Waals surface area contributed by atoms with Gasteiger partial charge in [0.2, 0.25) is 5.91 Å². The van der Waals surface area contributed by atoms with E-state index >= 15 is 0 Å². The number of nitrogens with zero attached hydrogens (tertiary/aromatic N) is 1. The molecule has 0 radical (unpaired) electrons. The van der Waals surface area contributed by atoms with Crippen molar-refractivity contribution >= 4 is 29.0 Å². The molecular formula is C20H23FN2OS. The Morgan fingerprint density at radius 1 is 1.08 bits per heavy atom. The maximum Gasteiger partial charge on any atom is 0.225 e. The van der Waals surface area contributed by atoms with E-state index in [1.807, 2.05) is 30.3 Å². The number of nitrogens with one attached hydrogen (secondary N) is 1. The number of carbonyl (C=O) groups is 1. The van der Waals surface area contributed by atoms with Gasteiger partial charge in [0.1, 0.15) is 5.82 Å². The standard InChI is InChI=1S/C20H23FN2OS/c21-16-9-10-19(23-12-5-2-6-13-23)18(15-16)22-20(24)11-14-25-17-7-3-1-4-8-17/h1,3-4,7-10,15H,2,5-6,11-14H2,(H,22,24).